The maximum atomic E-state index is 5.41. The van der Waals surface area contributed by atoms with Crippen molar-refractivity contribution in [2.24, 2.45) is 5.41 Å². The Morgan fingerprint density at radius 3 is 2.42 bits per heavy atom. The fourth-order valence-corrected chi connectivity index (χ4v) is 1.33. The van der Waals surface area contributed by atoms with Crippen LogP contribution in [0.15, 0.2) is 0 Å². The van der Waals surface area contributed by atoms with E-state index in [-0.39, 0.29) is 5.41 Å². The maximum Gasteiger partial charge on any atom is 0.146 e. The predicted octanol–water partition coefficient (Wildman–Crippen LogP) is 1.42. The van der Waals surface area contributed by atoms with Gasteiger partial charge in [0, 0.05) is 12.0 Å². The lowest BCUT2D eigenvalue weighted by Gasteiger charge is -2.35. The largest absolute Gasteiger partial charge is 0.381 e. The molecular formula is C9H18O3. The van der Waals surface area contributed by atoms with Crippen molar-refractivity contribution in [3.63, 3.8) is 0 Å². The smallest absolute Gasteiger partial charge is 0.146 e. The summed E-state index contributed by atoms with van der Waals surface area (Å²) in [6, 6.07) is 0. The van der Waals surface area contributed by atoms with Crippen molar-refractivity contribution < 1.29 is 14.2 Å². The highest BCUT2D eigenvalue weighted by atomic mass is 16.7. The van der Waals surface area contributed by atoms with Crippen LogP contribution in [0.4, 0.5) is 0 Å². The van der Waals surface area contributed by atoms with Gasteiger partial charge in [0.1, 0.15) is 6.79 Å². The second-order valence-corrected chi connectivity index (χ2v) is 3.31. The SMILES string of the molecule is CCOCC1(CC)COCOC1. The quantitative estimate of drug-likeness (QED) is 0.645. The van der Waals surface area contributed by atoms with Crippen molar-refractivity contribution in [3.05, 3.63) is 0 Å². The van der Waals surface area contributed by atoms with Gasteiger partial charge < -0.3 is 14.2 Å². The Balaban J connectivity index is 2.37. The molecule has 1 fully saturated rings. The van der Waals surface area contributed by atoms with E-state index in [0.29, 0.717) is 6.79 Å². The highest BCUT2D eigenvalue weighted by Gasteiger charge is 2.32. The molecule has 1 aliphatic heterocycles. The molecule has 0 amide bonds. The molecule has 0 spiro atoms. The molecule has 0 aromatic rings. The van der Waals surface area contributed by atoms with Gasteiger partial charge in [-0.25, -0.2) is 0 Å². The van der Waals surface area contributed by atoms with E-state index >= 15 is 0 Å². The molecular weight excluding hydrogens is 156 g/mol. The molecule has 0 N–H and O–H groups in total. The van der Waals surface area contributed by atoms with Crippen LogP contribution in [0.2, 0.25) is 0 Å². The summed E-state index contributed by atoms with van der Waals surface area (Å²) in [5.41, 5.74) is 0.105. The van der Waals surface area contributed by atoms with Crippen molar-refractivity contribution >= 4 is 0 Å². The van der Waals surface area contributed by atoms with Gasteiger partial charge in [0.05, 0.1) is 19.8 Å². The highest BCUT2D eigenvalue weighted by Crippen LogP contribution is 2.26. The molecule has 0 bridgehead atoms. The Hall–Kier alpha value is -0.120. The van der Waals surface area contributed by atoms with E-state index < -0.39 is 0 Å². The fourth-order valence-electron chi connectivity index (χ4n) is 1.33. The summed E-state index contributed by atoms with van der Waals surface area (Å²) in [7, 11) is 0. The first kappa shape index (κ1) is 9.96. The monoisotopic (exact) mass is 174 g/mol. The van der Waals surface area contributed by atoms with Crippen LogP contribution < -0.4 is 0 Å². The highest BCUT2D eigenvalue weighted by molar-refractivity contribution is 4.78. The van der Waals surface area contributed by atoms with Crippen LogP contribution in [0.5, 0.6) is 0 Å². The molecule has 0 radical (unpaired) electrons. The third-order valence-electron chi connectivity index (χ3n) is 2.35. The lowest BCUT2D eigenvalue weighted by molar-refractivity contribution is -0.181. The summed E-state index contributed by atoms with van der Waals surface area (Å²) in [4.78, 5) is 0. The topological polar surface area (TPSA) is 27.7 Å². The van der Waals surface area contributed by atoms with E-state index in [1.54, 1.807) is 0 Å². The first-order valence-corrected chi connectivity index (χ1v) is 4.56. The number of rotatable bonds is 4. The van der Waals surface area contributed by atoms with E-state index in [9.17, 15) is 0 Å². The Labute approximate surface area is 74.0 Å². The molecule has 12 heavy (non-hydrogen) atoms. The first-order valence-electron chi connectivity index (χ1n) is 4.56. The van der Waals surface area contributed by atoms with Crippen LogP contribution in [-0.4, -0.2) is 33.2 Å². The van der Waals surface area contributed by atoms with Gasteiger partial charge in [-0.05, 0) is 13.3 Å². The fraction of sp³-hybridized carbons (Fsp3) is 1.00. The third kappa shape index (κ3) is 2.44. The van der Waals surface area contributed by atoms with Crippen LogP contribution in [0, 0.1) is 5.41 Å². The average Bonchev–Trinajstić information content (AvgIpc) is 2.16. The molecule has 0 aliphatic carbocycles. The molecule has 1 heterocycles. The molecule has 0 saturated carbocycles. The number of hydrogen-bond acceptors (Lipinski definition) is 3. The molecule has 1 aliphatic rings. The lowest BCUT2D eigenvalue weighted by Crippen LogP contribution is -2.40. The van der Waals surface area contributed by atoms with E-state index in [1.165, 1.54) is 0 Å². The van der Waals surface area contributed by atoms with Gasteiger partial charge in [-0.3, -0.25) is 0 Å². The van der Waals surface area contributed by atoms with Gasteiger partial charge in [0.15, 0.2) is 0 Å². The van der Waals surface area contributed by atoms with Gasteiger partial charge in [-0.2, -0.15) is 0 Å². The predicted molar refractivity (Wildman–Crippen MR) is 46.0 cm³/mol. The zero-order valence-electron chi connectivity index (χ0n) is 7.97. The molecule has 72 valence electrons. The van der Waals surface area contributed by atoms with E-state index in [1.807, 2.05) is 6.92 Å². The Kier molecular flexibility index (Phi) is 3.98. The minimum atomic E-state index is 0.105. The van der Waals surface area contributed by atoms with Gasteiger partial charge >= 0.3 is 0 Å². The molecule has 0 atom stereocenters. The van der Waals surface area contributed by atoms with Crippen LogP contribution in [0.3, 0.4) is 0 Å². The van der Waals surface area contributed by atoms with E-state index in [2.05, 4.69) is 6.92 Å². The van der Waals surface area contributed by atoms with Crippen molar-refractivity contribution in [2.75, 3.05) is 33.2 Å². The summed E-state index contributed by atoms with van der Waals surface area (Å²) in [5, 5.41) is 0. The molecule has 0 unspecified atom stereocenters. The molecule has 0 aromatic carbocycles. The second kappa shape index (κ2) is 4.80. The third-order valence-corrected chi connectivity index (χ3v) is 2.35. The summed E-state index contributed by atoms with van der Waals surface area (Å²) < 4.78 is 15.9. The number of ether oxygens (including phenoxy) is 3. The zero-order chi connectivity index (χ0) is 8.86. The van der Waals surface area contributed by atoms with Crippen molar-refractivity contribution in [3.8, 4) is 0 Å². The van der Waals surface area contributed by atoms with Gasteiger partial charge in [0.2, 0.25) is 0 Å². The molecule has 0 aromatic heterocycles. The number of hydrogen-bond donors (Lipinski definition) is 0. The summed E-state index contributed by atoms with van der Waals surface area (Å²) in [6.45, 7) is 7.65. The van der Waals surface area contributed by atoms with E-state index in [0.717, 1.165) is 32.8 Å². The Bertz CT molecular complexity index is 119. The molecule has 1 rings (SSSR count). The second-order valence-electron chi connectivity index (χ2n) is 3.31. The van der Waals surface area contributed by atoms with Crippen molar-refractivity contribution in [2.45, 2.75) is 20.3 Å². The summed E-state index contributed by atoms with van der Waals surface area (Å²) >= 11 is 0. The lowest BCUT2D eigenvalue weighted by atomic mass is 9.87. The Morgan fingerprint density at radius 1 is 1.25 bits per heavy atom. The molecule has 3 nitrogen and oxygen atoms in total. The van der Waals surface area contributed by atoms with Crippen molar-refractivity contribution in [1.29, 1.82) is 0 Å². The average molecular weight is 174 g/mol. The summed E-state index contributed by atoms with van der Waals surface area (Å²) in [5.74, 6) is 0. The maximum absolute atomic E-state index is 5.41. The zero-order valence-corrected chi connectivity index (χ0v) is 7.97. The minimum Gasteiger partial charge on any atom is -0.381 e. The molecule has 3 heteroatoms. The van der Waals surface area contributed by atoms with Crippen LogP contribution >= 0.6 is 0 Å². The van der Waals surface area contributed by atoms with Crippen molar-refractivity contribution in [1.82, 2.24) is 0 Å². The van der Waals surface area contributed by atoms with Gasteiger partial charge in [-0.1, -0.05) is 6.92 Å². The normalized spacial score (nSPS) is 22.5. The van der Waals surface area contributed by atoms with E-state index in [4.69, 9.17) is 14.2 Å². The summed E-state index contributed by atoms with van der Waals surface area (Å²) in [6.07, 6.45) is 1.05. The van der Waals surface area contributed by atoms with Gasteiger partial charge in [0.25, 0.3) is 0 Å². The van der Waals surface area contributed by atoms with Crippen LogP contribution in [0.25, 0.3) is 0 Å². The van der Waals surface area contributed by atoms with Crippen LogP contribution in [0.1, 0.15) is 20.3 Å². The standard InChI is InChI=1S/C9H18O3/c1-3-9(5-10-4-2)6-11-8-12-7-9/h3-8H2,1-2H3. The first-order chi connectivity index (χ1) is 5.83. The molecule has 1 saturated heterocycles. The minimum absolute atomic E-state index is 0.105. The Morgan fingerprint density at radius 2 is 1.92 bits per heavy atom. The van der Waals surface area contributed by atoms with Gasteiger partial charge in [-0.15, -0.1) is 0 Å². The van der Waals surface area contributed by atoms with Crippen LogP contribution in [-0.2, 0) is 14.2 Å².